The summed E-state index contributed by atoms with van der Waals surface area (Å²) >= 11 is 6.06. The Bertz CT molecular complexity index is 558. The number of benzene rings is 1. The van der Waals surface area contributed by atoms with Gasteiger partial charge >= 0.3 is 0 Å². The van der Waals surface area contributed by atoms with Gasteiger partial charge < -0.3 is 9.30 Å². The molecule has 0 radical (unpaired) electrons. The minimum absolute atomic E-state index is 0.130. The molecule has 1 saturated heterocycles. The van der Waals surface area contributed by atoms with E-state index < -0.39 is 0 Å². The largest absolute Gasteiger partial charge is 0.371 e. The Hall–Kier alpha value is -1.36. The van der Waals surface area contributed by atoms with Gasteiger partial charge in [-0.25, -0.2) is 4.98 Å². The van der Waals surface area contributed by atoms with E-state index in [1.165, 1.54) is 5.56 Å². The maximum atomic E-state index is 6.06. The molecule has 1 aliphatic rings. The van der Waals surface area contributed by atoms with Gasteiger partial charge in [0.1, 0.15) is 0 Å². The van der Waals surface area contributed by atoms with Crippen LogP contribution in [-0.4, -0.2) is 40.7 Å². The Balaban J connectivity index is 1.51. The summed E-state index contributed by atoms with van der Waals surface area (Å²) in [6.07, 6.45) is 6.95. The first-order chi connectivity index (χ1) is 10.3. The Morgan fingerprint density at radius 2 is 2.29 bits per heavy atom. The van der Waals surface area contributed by atoms with Crippen LogP contribution in [0.3, 0.4) is 0 Å². The highest BCUT2D eigenvalue weighted by atomic mass is 35.5. The minimum atomic E-state index is 0.130. The van der Waals surface area contributed by atoms with Crippen molar-refractivity contribution in [3.8, 4) is 0 Å². The lowest BCUT2D eigenvalue weighted by atomic mass is 10.1. The van der Waals surface area contributed by atoms with Gasteiger partial charge in [-0.1, -0.05) is 23.7 Å². The number of aryl methyl sites for hydroxylation is 1. The minimum Gasteiger partial charge on any atom is -0.371 e. The highest BCUT2D eigenvalue weighted by Crippen LogP contribution is 2.24. The van der Waals surface area contributed by atoms with Crippen molar-refractivity contribution in [3.63, 3.8) is 0 Å². The number of hydrogen-bond donors (Lipinski definition) is 0. The zero-order valence-corrected chi connectivity index (χ0v) is 12.7. The van der Waals surface area contributed by atoms with E-state index >= 15 is 0 Å². The smallest absolute Gasteiger partial charge is 0.0952 e. The normalized spacial score (nSPS) is 19.8. The predicted molar refractivity (Wildman–Crippen MR) is 83.4 cm³/mol. The van der Waals surface area contributed by atoms with Crippen molar-refractivity contribution in [2.75, 3.05) is 26.2 Å². The van der Waals surface area contributed by atoms with Crippen molar-refractivity contribution in [2.45, 2.75) is 19.1 Å². The Labute approximate surface area is 130 Å². The molecule has 1 fully saturated rings. The number of halogens is 1. The van der Waals surface area contributed by atoms with Crippen LogP contribution in [0.15, 0.2) is 43.0 Å². The van der Waals surface area contributed by atoms with Crippen molar-refractivity contribution in [2.24, 2.45) is 0 Å². The lowest BCUT2D eigenvalue weighted by Crippen LogP contribution is -2.39. The molecule has 1 aromatic heterocycles. The summed E-state index contributed by atoms with van der Waals surface area (Å²) in [5.74, 6) is 0. The predicted octanol–water partition coefficient (Wildman–Crippen LogP) is 3.00. The second-order valence-electron chi connectivity index (χ2n) is 5.37. The molecule has 3 rings (SSSR count). The van der Waals surface area contributed by atoms with Crippen LogP contribution < -0.4 is 0 Å². The van der Waals surface area contributed by atoms with E-state index in [0.29, 0.717) is 0 Å². The number of imidazole rings is 1. The first kappa shape index (κ1) is 14.6. The third-order valence-corrected chi connectivity index (χ3v) is 4.06. The lowest BCUT2D eigenvalue weighted by molar-refractivity contribution is -0.0304. The van der Waals surface area contributed by atoms with E-state index in [4.69, 9.17) is 16.3 Å². The molecule has 1 atom stereocenters. The topological polar surface area (TPSA) is 30.3 Å². The van der Waals surface area contributed by atoms with Crippen molar-refractivity contribution in [3.05, 3.63) is 53.6 Å². The van der Waals surface area contributed by atoms with E-state index in [-0.39, 0.29) is 6.10 Å². The molecule has 2 aromatic rings. The fraction of sp³-hybridized carbons (Fsp3) is 0.438. The summed E-state index contributed by atoms with van der Waals surface area (Å²) < 4.78 is 8.01. The molecule has 0 bridgehead atoms. The molecule has 0 saturated carbocycles. The van der Waals surface area contributed by atoms with Crippen LogP contribution in [0, 0.1) is 0 Å². The second kappa shape index (κ2) is 7.07. The average Bonchev–Trinajstić information content (AvgIpc) is 3.01. The van der Waals surface area contributed by atoms with Gasteiger partial charge in [0, 0.05) is 43.6 Å². The molecule has 1 aliphatic heterocycles. The van der Waals surface area contributed by atoms with E-state index in [1.807, 2.05) is 36.9 Å². The Morgan fingerprint density at radius 3 is 3.10 bits per heavy atom. The zero-order chi connectivity index (χ0) is 14.5. The quantitative estimate of drug-likeness (QED) is 0.850. The first-order valence-corrected chi connectivity index (χ1v) is 7.74. The molecule has 0 N–H and O–H groups in total. The van der Waals surface area contributed by atoms with Crippen LogP contribution in [0.4, 0.5) is 0 Å². The van der Waals surface area contributed by atoms with Gasteiger partial charge in [-0.05, 0) is 24.1 Å². The number of morpholine rings is 1. The standard InChI is InChI=1S/C16H20ClN3O/c17-15-4-1-3-14(11-15)16-12-19(9-10-21-16)6-2-7-20-8-5-18-13-20/h1,3-5,8,11,13,16H,2,6-7,9-10,12H2. The van der Waals surface area contributed by atoms with Gasteiger partial charge in [0.05, 0.1) is 19.0 Å². The highest BCUT2D eigenvalue weighted by Gasteiger charge is 2.21. The van der Waals surface area contributed by atoms with E-state index in [2.05, 4.69) is 20.5 Å². The number of nitrogens with zero attached hydrogens (tertiary/aromatic N) is 3. The molecule has 1 unspecified atom stereocenters. The summed E-state index contributed by atoms with van der Waals surface area (Å²) in [6.45, 7) is 4.81. The van der Waals surface area contributed by atoms with Crippen LogP contribution in [0.25, 0.3) is 0 Å². The Kier molecular flexibility index (Phi) is 4.91. The molecule has 112 valence electrons. The van der Waals surface area contributed by atoms with Gasteiger partial charge in [-0.2, -0.15) is 0 Å². The van der Waals surface area contributed by atoms with Crippen LogP contribution in [0.2, 0.25) is 5.02 Å². The summed E-state index contributed by atoms with van der Waals surface area (Å²) in [5, 5.41) is 0.772. The molecular formula is C16H20ClN3O. The SMILES string of the molecule is Clc1cccc(C2CN(CCCn3ccnc3)CCO2)c1. The van der Waals surface area contributed by atoms with Gasteiger partial charge in [-0.3, -0.25) is 4.90 Å². The zero-order valence-electron chi connectivity index (χ0n) is 12.0. The van der Waals surface area contributed by atoms with E-state index in [0.717, 1.165) is 44.2 Å². The van der Waals surface area contributed by atoms with Crippen molar-refractivity contribution < 1.29 is 4.74 Å². The van der Waals surface area contributed by atoms with Crippen molar-refractivity contribution in [1.29, 1.82) is 0 Å². The number of hydrogen-bond acceptors (Lipinski definition) is 3. The molecule has 0 amide bonds. The maximum Gasteiger partial charge on any atom is 0.0952 e. The summed E-state index contributed by atoms with van der Waals surface area (Å²) in [5.41, 5.74) is 1.17. The molecule has 4 nitrogen and oxygen atoms in total. The molecule has 1 aromatic carbocycles. The molecule has 0 aliphatic carbocycles. The highest BCUT2D eigenvalue weighted by molar-refractivity contribution is 6.30. The summed E-state index contributed by atoms with van der Waals surface area (Å²) in [6, 6.07) is 7.97. The van der Waals surface area contributed by atoms with Crippen LogP contribution in [0.1, 0.15) is 18.1 Å². The van der Waals surface area contributed by atoms with Gasteiger partial charge in [0.2, 0.25) is 0 Å². The average molecular weight is 306 g/mol. The first-order valence-electron chi connectivity index (χ1n) is 7.36. The molecule has 5 heteroatoms. The monoisotopic (exact) mass is 305 g/mol. The lowest BCUT2D eigenvalue weighted by Gasteiger charge is -2.33. The third-order valence-electron chi connectivity index (χ3n) is 3.82. The molecule has 21 heavy (non-hydrogen) atoms. The van der Waals surface area contributed by atoms with Gasteiger partial charge in [-0.15, -0.1) is 0 Å². The number of aromatic nitrogens is 2. The number of rotatable bonds is 5. The molecule has 0 spiro atoms. The molecular weight excluding hydrogens is 286 g/mol. The van der Waals surface area contributed by atoms with Crippen LogP contribution >= 0.6 is 11.6 Å². The van der Waals surface area contributed by atoms with Crippen LogP contribution in [0.5, 0.6) is 0 Å². The van der Waals surface area contributed by atoms with Crippen LogP contribution in [-0.2, 0) is 11.3 Å². The number of ether oxygens (including phenoxy) is 1. The van der Waals surface area contributed by atoms with Gasteiger partial charge in [0.15, 0.2) is 0 Å². The molecule has 2 heterocycles. The fourth-order valence-corrected chi connectivity index (χ4v) is 2.91. The summed E-state index contributed by atoms with van der Waals surface area (Å²) in [7, 11) is 0. The Morgan fingerprint density at radius 1 is 1.33 bits per heavy atom. The van der Waals surface area contributed by atoms with Crippen molar-refractivity contribution in [1.82, 2.24) is 14.5 Å². The summed E-state index contributed by atoms with van der Waals surface area (Å²) in [4.78, 5) is 6.53. The van der Waals surface area contributed by atoms with E-state index in [1.54, 1.807) is 0 Å². The van der Waals surface area contributed by atoms with Crippen molar-refractivity contribution >= 4 is 11.6 Å². The maximum absolute atomic E-state index is 6.06. The fourth-order valence-electron chi connectivity index (χ4n) is 2.71. The van der Waals surface area contributed by atoms with Gasteiger partial charge in [0.25, 0.3) is 0 Å². The third kappa shape index (κ3) is 4.06. The van der Waals surface area contributed by atoms with E-state index in [9.17, 15) is 0 Å². The second-order valence-corrected chi connectivity index (χ2v) is 5.81.